The molecule has 1 aliphatic heterocycles. The summed E-state index contributed by atoms with van der Waals surface area (Å²) in [6.07, 6.45) is 1.02. The summed E-state index contributed by atoms with van der Waals surface area (Å²) < 4.78 is 5.05. The largest absolute Gasteiger partial charge is 0.384 e. The van der Waals surface area contributed by atoms with E-state index in [4.69, 9.17) is 4.52 Å². The predicted molar refractivity (Wildman–Crippen MR) is 71.0 cm³/mol. The summed E-state index contributed by atoms with van der Waals surface area (Å²) in [6.45, 7) is 3.14. The Hall–Kier alpha value is -2.30. The molecule has 5 heteroatoms. The van der Waals surface area contributed by atoms with Gasteiger partial charge in [0.05, 0.1) is 12.2 Å². The molecule has 0 spiro atoms. The highest BCUT2D eigenvalue weighted by Crippen LogP contribution is 2.23. The van der Waals surface area contributed by atoms with Crippen LogP contribution in [-0.2, 0) is 13.0 Å². The number of nitrogens with one attached hydrogen (secondary N) is 2. The molecule has 0 atom stereocenters. The zero-order valence-corrected chi connectivity index (χ0v) is 10.7. The van der Waals surface area contributed by atoms with Crippen LogP contribution in [0.15, 0.2) is 28.8 Å². The van der Waals surface area contributed by atoms with Gasteiger partial charge in [0.25, 0.3) is 5.91 Å². The fraction of sp³-hybridized carbons (Fsp3) is 0.286. The maximum atomic E-state index is 12.0. The van der Waals surface area contributed by atoms with Crippen molar-refractivity contribution >= 4 is 11.6 Å². The zero-order valence-electron chi connectivity index (χ0n) is 10.7. The van der Waals surface area contributed by atoms with Crippen LogP contribution in [-0.4, -0.2) is 17.6 Å². The van der Waals surface area contributed by atoms with E-state index in [1.54, 1.807) is 0 Å². The summed E-state index contributed by atoms with van der Waals surface area (Å²) in [7, 11) is 0. The maximum Gasteiger partial charge on any atom is 0.251 e. The number of nitrogens with zero attached hydrogens (tertiary/aromatic N) is 1. The lowest BCUT2D eigenvalue weighted by atomic mass is 10.1. The van der Waals surface area contributed by atoms with Gasteiger partial charge in [0.2, 0.25) is 0 Å². The molecule has 98 valence electrons. The fourth-order valence-corrected chi connectivity index (χ4v) is 2.20. The van der Waals surface area contributed by atoms with Crippen molar-refractivity contribution < 1.29 is 9.32 Å². The first kappa shape index (κ1) is 11.8. The van der Waals surface area contributed by atoms with Gasteiger partial charge in [0.1, 0.15) is 0 Å². The van der Waals surface area contributed by atoms with E-state index in [1.165, 1.54) is 5.56 Å². The first-order valence-electron chi connectivity index (χ1n) is 6.29. The Labute approximate surface area is 111 Å². The van der Waals surface area contributed by atoms with Gasteiger partial charge in [0, 0.05) is 23.9 Å². The highest BCUT2D eigenvalue weighted by Gasteiger charge is 2.13. The van der Waals surface area contributed by atoms with Crippen molar-refractivity contribution in [1.82, 2.24) is 10.5 Å². The molecule has 1 amide bonds. The van der Waals surface area contributed by atoms with Crippen LogP contribution in [0, 0.1) is 6.92 Å². The lowest BCUT2D eigenvalue weighted by molar-refractivity contribution is 0.0947. The highest BCUT2D eigenvalue weighted by atomic mass is 16.5. The van der Waals surface area contributed by atoms with E-state index in [1.807, 2.05) is 31.2 Å². The Morgan fingerprint density at radius 1 is 1.47 bits per heavy atom. The number of rotatable bonds is 3. The Balaban J connectivity index is 1.67. The molecule has 2 heterocycles. The Morgan fingerprint density at radius 2 is 2.37 bits per heavy atom. The summed E-state index contributed by atoms with van der Waals surface area (Å²) in [5.74, 6) is 0.552. The molecule has 0 bridgehead atoms. The number of hydrogen-bond acceptors (Lipinski definition) is 4. The molecule has 1 aliphatic rings. The number of fused-ring (bicyclic) bond motifs is 1. The van der Waals surface area contributed by atoms with Crippen LogP contribution in [0.1, 0.15) is 27.4 Å². The summed E-state index contributed by atoms with van der Waals surface area (Å²) in [5, 5.41) is 9.86. The second-order valence-electron chi connectivity index (χ2n) is 4.67. The van der Waals surface area contributed by atoms with Crippen LogP contribution in [0.4, 0.5) is 5.69 Å². The van der Waals surface area contributed by atoms with Gasteiger partial charge in [0.15, 0.2) is 5.76 Å². The smallest absolute Gasteiger partial charge is 0.251 e. The van der Waals surface area contributed by atoms with Crippen molar-refractivity contribution in [3.8, 4) is 0 Å². The minimum Gasteiger partial charge on any atom is -0.384 e. The van der Waals surface area contributed by atoms with Gasteiger partial charge in [-0.3, -0.25) is 4.79 Å². The SMILES string of the molecule is Cc1cc(CNC(=O)c2ccc3c(c2)NCC3)on1. The third-order valence-corrected chi connectivity index (χ3v) is 3.18. The first-order chi connectivity index (χ1) is 9.22. The minimum absolute atomic E-state index is 0.106. The van der Waals surface area contributed by atoms with E-state index in [0.717, 1.165) is 24.3 Å². The Kier molecular flexibility index (Phi) is 2.95. The summed E-state index contributed by atoms with van der Waals surface area (Å²) in [6, 6.07) is 7.56. The van der Waals surface area contributed by atoms with Crippen molar-refractivity contribution in [2.24, 2.45) is 0 Å². The molecular weight excluding hydrogens is 242 g/mol. The van der Waals surface area contributed by atoms with Crippen molar-refractivity contribution in [3.63, 3.8) is 0 Å². The molecule has 3 rings (SSSR count). The molecule has 2 aromatic rings. The van der Waals surface area contributed by atoms with Gasteiger partial charge in [-0.15, -0.1) is 0 Å². The Morgan fingerprint density at radius 3 is 3.16 bits per heavy atom. The number of hydrogen-bond donors (Lipinski definition) is 2. The van der Waals surface area contributed by atoms with Crippen LogP contribution in [0.25, 0.3) is 0 Å². The molecule has 0 radical (unpaired) electrons. The van der Waals surface area contributed by atoms with Crippen LogP contribution in [0.2, 0.25) is 0 Å². The molecule has 5 nitrogen and oxygen atoms in total. The van der Waals surface area contributed by atoms with E-state index in [2.05, 4.69) is 15.8 Å². The summed E-state index contributed by atoms with van der Waals surface area (Å²) >= 11 is 0. The number of carbonyl (C=O) groups is 1. The normalized spacial score (nSPS) is 12.9. The number of carbonyl (C=O) groups excluding carboxylic acids is 1. The number of aromatic nitrogens is 1. The van der Waals surface area contributed by atoms with Crippen LogP contribution < -0.4 is 10.6 Å². The average molecular weight is 257 g/mol. The summed E-state index contributed by atoms with van der Waals surface area (Å²) in [4.78, 5) is 12.0. The average Bonchev–Trinajstić information content (AvgIpc) is 3.03. The van der Waals surface area contributed by atoms with Gasteiger partial charge in [-0.25, -0.2) is 0 Å². The van der Waals surface area contributed by atoms with Crippen molar-refractivity contribution in [2.75, 3.05) is 11.9 Å². The minimum atomic E-state index is -0.106. The van der Waals surface area contributed by atoms with Crippen LogP contribution >= 0.6 is 0 Å². The quantitative estimate of drug-likeness (QED) is 0.881. The number of anilines is 1. The van der Waals surface area contributed by atoms with Crippen LogP contribution in [0.5, 0.6) is 0 Å². The van der Waals surface area contributed by atoms with Gasteiger partial charge in [-0.1, -0.05) is 11.2 Å². The number of amides is 1. The third-order valence-electron chi connectivity index (χ3n) is 3.18. The lowest BCUT2D eigenvalue weighted by Crippen LogP contribution is -2.22. The molecule has 0 aliphatic carbocycles. The second kappa shape index (κ2) is 4.76. The topological polar surface area (TPSA) is 67.2 Å². The van der Waals surface area contributed by atoms with Gasteiger partial charge in [-0.05, 0) is 31.0 Å². The van der Waals surface area contributed by atoms with Gasteiger partial charge < -0.3 is 15.2 Å². The predicted octanol–water partition coefficient (Wildman–Crippen LogP) is 1.88. The van der Waals surface area contributed by atoms with Crippen LogP contribution in [0.3, 0.4) is 0 Å². The van der Waals surface area contributed by atoms with Gasteiger partial charge in [-0.2, -0.15) is 0 Å². The third kappa shape index (κ3) is 2.45. The molecular formula is C14H15N3O2. The molecule has 2 N–H and O–H groups in total. The van der Waals surface area contributed by atoms with E-state index in [9.17, 15) is 4.79 Å². The molecule has 0 fully saturated rings. The summed E-state index contributed by atoms with van der Waals surface area (Å²) in [5.41, 5.74) is 3.79. The van der Waals surface area contributed by atoms with E-state index >= 15 is 0 Å². The standard InChI is InChI=1S/C14H15N3O2/c1-9-6-12(19-17-9)8-16-14(18)11-3-2-10-4-5-15-13(10)7-11/h2-3,6-7,15H,4-5,8H2,1H3,(H,16,18). The molecule has 1 aromatic carbocycles. The van der Waals surface area contributed by atoms with E-state index in [0.29, 0.717) is 17.9 Å². The number of aryl methyl sites for hydroxylation is 1. The second-order valence-corrected chi connectivity index (χ2v) is 4.67. The van der Waals surface area contributed by atoms with Crippen molar-refractivity contribution in [1.29, 1.82) is 0 Å². The lowest BCUT2D eigenvalue weighted by Gasteiger charge is -2.05. The van der Waals surface area contributed by atoms with E-state index in [-0.39, 0.29) is 5.91 Å². The molecule has 0 unspecified atom stereocenters. The number of benzene rings is 1. The molecule has 0 saturated heterocycles. The molecule has 0 saturated carbocycles. The van der Waals surface area contributed by atoms with Crippen molar-refractivity contribution in [3.05, 3.63) is 46.8 Å². The zero-order chi connectivity index (χ0) is 13.2. The highest BCUT2D eigenvalue weighted by molar-refractivity contribution is 5.95. The van der Waals surface area contributed by atoms with Gasteiger partial charge >= 0.3 is 0 Å². The van der Waals surface area contributed by atoms with E-state index < -0.39 is 0 Å². The first-order valence-corrected chi connectivity index (χ1v) is 6.29. The Bertz CT molecular complexity index is 619. The molecule has 19 heavy (non-hydrogen) atoms. The monoisotopic (exact) mass is 257 g/mol. The molecule has 1 aromatic heterocycles. The maximum absolute atomic E-state index is 12.0. The van der Waals surface area contributed by atoms with Crippen molar-refractivity contribution in [2.45, 2.75) is 19.9 Å². The fourth-order valence-electron chi connectivity index (χ4n) is 2.20.